The van der Waals surface area contributed by atoms with Crippen LogP contribution in [-0.4, -0.2) is 47.3 Å². The fraction of sp³-hybridized carbons (Fsp3) is 0.533. The fourth-order valence-electron chi connectivity index (χ4n) is 2.56. The zero-order chi connectivity index (χ0) is 15.2. The van der Waals surface area contributed by atoms with Gasteiger partial charge in [-0.1, -0.05) is 11.6 Å². The standard InChI is InChI=1S/C15H21ClN2O3/c16-12-2-3-14(20)13(10-12)17-15(21)11-4-7-18(8-5-11)6-1-9-19/h2-3,10-11,19-20H,1,4-9H2,(H,17,21). The van der Waals surface area contributed by atoms with E-state index >= 15 is 0 Å². The van der Waals surface area contributed by atoms with Gasteiger partial charge >= 0.3 is 0 Å². The normalized spacial score (nSPS) is 16.9. The van der Waals surface area contributed by atoms with Crippen molar-refractivity contribution in [2.45, 2.75) is 19.3 Å². The molecule has 0 radical (unpaired) electrons. The number of aliphatic hydroxyl groups excluding tert-OH is 1. The van der Waals surface area contributed by atoms with Crippen molar-refractivity contribution in [1.82, 2.24) is 4.90 Å². The van der Waals surface area contributed by atoms with Gasteiger partial charge in [0.05, 0.1) is 5.69 Å². The lowest BCUT2D eigenvalue weighted by Gasteiger charge is -2.31. The van der Waals surface area contributed by atoms with Crippen molar-refractivity contribution in [3.63, 3.8) is 0 Å². The second kappa shape index (κ2) is 7.64. The molecule has 3 N–H and O–H groups in total. The number of aliphatic hydroxyl groups is 1. The summed E-state index contributed by atoms with van der Waals surface area (Å²) in [5.41, 5.74) is 0.357. The number of likely N-dealkylation sites (tertiary alicyclic amines) is 1. The topological polar surface area (TPSA) is 72.8 Å². The maximum absolute atomic E-state index is 12.2. The molecule has 1 aliphatic heterocycles. The third-order valence-corrected chi connectivity index (χ3v) is 4.04. The molecule has 0 bridgehead atoms. The summed E-state index contributed by atoms with van der Waals surface area (Å²) < 4.78 is 0. The number of aromatic hydroxyl groups is 1. The maximum atomic E-state index is 12.2. The Morgan fingerprint density at radius 2 is 2.10 bits per heavy atom. The number of carbonyl (C=O) groups excluding carboxylic acids is 1. The predicted molar refractivity (Wildman–Crippen MR) is 82.6 cm³/mol. The molecule has 1 heterocycles. The van der Waals surface area contributed by atoms with E-state index in [0.717, 1.165) is 38.9 Å². The van der Waals surface area contributed by atoms with Crippen LogP contribution < -0.4 is 5.32 Å². The molecule has 0 saturated carbocycles. The molecule has 1 aliphatic rings. The quantitative estimate of drug-likeness (QED) is 0.728. The Morgan fingerprint density at radius 1 is 1.38 bits per heavy atom. The second-order valence-electron chi connectivity index (χ2n) is 5.34. The van der Waals surface area contributed by atoms with E-state index in [2.05, 4.69) is 10.2 Å². The van der Waals surface area contributed by atoms with Crippen molar-refractivity contribution in [3.05, 3.63) is 23.2 Å². The van der Waals surface area contributed by atoms with Crippen molar-refractivity contribution < 1.29 is 15.0 Å². The van der Waals surface area contributed by atoms with Gasteiger partial charge in [-0.05, 0) is 50.6 Å². The van der Waals surface area contributed by atoms with Gasteiger partial charge in [0.15, 0.2) is 0 Å². The van der Waals surface area contributed by atoms with Crippen LogP contribution in [0.1, 0.15) is 19.3 Å². The minimum absolute atomic E-state index is 0.0214. The molecular weight excluding hydrogens is 292 g/mol. The van der Waals surface area contributed by atoms with Crippen LogP contribution in [0.2, 0.25) is 5.02 Å². The van der Waals surface area contributed by atoms with Crippen molar-refractivity contribution in [1.29, 1.82) is 0 Å². The number of nitrogens with zero attached hydrogens (tertiary/aromatic N) is 1. The number of hydrogen-bond acceptors (Lipinski definition) is 4. The molecule has 5 nitrogen and oxygen atoms in total. The minimum atomic E-state index is -0.0747. The first-order valence-corrected chi connectivity index (χ1v) is 7.60. The van der Waals surface area contributed by atoms with Gasteiger partial charge in [0.2, 0.25) is 5.91 Å². The third kappa shape index (κ3) is 4.59. The molecule has 116 valence electrons. The van der Waals surface area contributed by atoms with Crippen molar-refractivity contribution in [2.75, 3.05) is 31.6 Å². The molecule has 2 rings (SSSR count). The summed E-state index contributed by atoms with van der Waals surface area (Å²) in [6.07, 6.45) is 2.35. The van der Waals surface area contributed by atoms with Crippen LogP contribution in [0.4, 0.5) is 5.69 Å². The number of amides is 1. The summed E-state index contributed by atoms with van der Waals surface area (Å²) in [6.45, 7) is 2.80. The first-order valence-electron chi connectivity index (χ1n) is 7.22. The van der Waals surface area contributed by atoms with Gasteiger partial charge < -0.3 is 20.4 Å². The van der Waals surface area contributed by atoms with E-state index in [0.29, 0.717) is 10.7 Å². The van der Waals surface area contributed by atoms with Crippen molar-refractivity contribution in [2.24, 2.45) is 5.92 Å². The van der Waals surface area contributed by atoms with Gasteiger partial charge in [-0.2, -0.15) is 0 Å². The second-order valence-corrected chi connectivity index (χ2v) is 5.78. The molecule has 0 atom stereocenters. The van der Waals surface area contributed by atoms with Gasteiger partial charge in [-0.25, -0.2) is 0 Å². The van der Waals surface area contributed by atoms with Crippen molar-refractivity contribution in [3.8, 4) is 5.75 Å². The number of benzene rings is 1. The largest absolute Gasteiger partial charge is 0.506 e. The Morgan fingerprint density at radius 3 is 2.76 bits per heavy atom. The molecule has 0 unspecified atom stereocenters. The van der Waals surface area contributed by atoms with E-state index in [1.165, 1.54) is 6.07 Å². The Hall–Kier alpha value is -1.30. The summed E-state index contributed by atoms with van der Waals surface area (Å²) >= 11 is 5.86. The molecule has 0 aromatic heterocycles. The number of halogens is 1. The zero-order valence-electron chi connectivity index (χ0n) is 11.9. The SMILES string of the molecule is O=C(Nc1cc(Cl)ccc1O)C1CCN(CCCO)CC1. The first-order chi connectivity index (χ1) is 10.1. The summed E-state index contributed by atoms with van der Waals surface area (Å²) in [5.74, 6) is -0.101. The monoisotopic (exact) mass is 312 g/mol. The summed E-state index contributed by atoms with van der Waals surface area (Å²) in [5, 5.41) is 21.8. The molecule has 1 saturated heterocycles. The van der Waals surface area contributed by atoms with E-state index in [-0.39, 0.29) is 24.2 Å². The molecule has 6 heteroatoms. The van der Waals surface area contributed by atoms with Crippen LogP contribution >= 0.6 is 11.6 Å². The average Bonchev–Trinajstić information content (AvgIpc) is 2.49. The van der Waals surface area contributed by atoms with E-state index in [1.807, 2.05) is 0 Å². The van der Waals surface area contributed by atoms with Crippen LogP contribution in [0.5, 0.6) is 5.75 Å². The third-order valence-electron chi connectivity index (χ3n) is 3.81. The minimum Gasteiger partial charge on any atom is -0.506 e. The molecule has 0 spiro atoms. The molecule has 1 aromatic rings. The Kier molecular flexibility index (Phi) is 5.85. The van der Waals surface area contributed by atoms with E-state index in [4.69, 9.17) is 16.7 Å². The highest BCUT2D eigenvalue weighted by atomic mass is 35.5. The first kappa shape index (κ1) is 16.1. The van der Waals surface area contributed by atoms with E-state index < -0.39 is 0 Å². The van der Waals surface area contributed by atoms with E-state index in [9.17, 15) is 9.90 Å². The molecule has 0 aliphatic carbocycles. The lowest BCUT2D eigenvalue weighted by atomic mass is 9.95. The predicted octanol–water partition coefficient (Wildman–Crippen LogP) is 2.08. The number of phenols is 1. The Labute approximate surface area is 129 Å². The number of rotatable bonds is 5. The molecular formula is C15H21ClN2O3. The molecule has 1 fully saturated rings. The molecule has 21 heavy (non-hydrogen) atoms. The van der Waals surface area contributed by atoms with Gasteiger partial charge in [0.25, 0.3) is 0 Å². The Bertz CT molecular complexity index is 488. The van der Waals surface area contributed by atoms with Crippen LogP contribution in [0.15, 0.2) is 18.2 Å². The number of anilines is 1. The zero-order valence-corrected chi connectivity index (χ0v) is 12.6. The highest BCUT2D eigenvalue weighted by molar-refractivity contribution is 6.31. The molecule has 1 aromatic carbocycles. The highest BCUT2D eigenvalue weighted by Crippen LogP contribution is 2.28. The number of carbonyl (C=O) groups is 1. The van der Waals surface area contributed by atoms with Crippen LogP contribution in [0, 0.1) is 5.92 Å². The van der Waals surface area contributed by atoms with Gasteiger partial charge in [-0.15, -0.1) is 0 Å². The summed E-state index contributed by atoms with van der Waals surface area (Å²) in [4.78, 5) is 14.5. The lowest BCUT2D eigenvalue weighted by molar-refractivity contribution is -0.121. The van der Waals surface area contributed by atoms with Crippen LogP contribution in [0.3, 0.4) is 0 Å². The van der Waals surface area contributed by atoms with Crippen LogP contribution in [0.25, 0.3) is 0 Å². The summed E-state index contributed by atoms with van der Waals surface area (Å²) in [6, 6.07) is 4.59. The summed E-state index contributed by atoms with van der Waals surface area (Å²) in [7, 11) is 0. The van der Waals surface area contributed by atoms with Crippen LogP contribution in [-0.2, 0) is 4.79 Å². The number of nitrogens with one attached hydrogen (secondary N) is 1. The van der Waals surface area contributed by atoms with E-state index in [1.54, 1.807) is 12.1 Å². The van der Waals surface area contributed by atoms with Gasteiger partial charge in [-0.3, -0.25) is 4.79 Å². The Balaban J connectivity index is 1.86. The van der Waals surface area contributed by atoms with Gasteiger partial charge in [0, 0.05) is 24.1 Å². The number of hydrogen-bond donors (Lipinski definition) is 3. The van der Waals surface area contributed by atoms with Crippen molar-refractivity contribution >= 4 is 23.2 Å². The highest BCUT2D eigenvalue weighted by Gasteiger charge is 2.25. The smallest absolute Gasteiger partial charge is 0.227 e. The average molecular weight is 313 g/mol. The lowest BCUT2D eigenvalue weighted by Crippen LogP contribution is -2.38. The molecule has 1 amide bonds. The van der Waals surface area contributed by atoms with Gasteiger partial charge in [0.1, 0.15) is 5.75 Å². The maximum Gasteiger partial charge on any atom is 0.227 e. The fourth-order valence-corrected chi connectivity index (χ4v) is 2.73. The number of phenolic OH excluding ortho intramolecular Hbond substituents is 1. The number of piperidine rings is 1.